The predicted octanol–water partition coefficient (Wildman–Crippen LogP) is 1.24. The Balaban J connectivity index is 2.52. The molecule has 1 aromatic heterocycles. The van der Waals surface area contributed by atoms with E-state index in [2.05, 4.69) is 29.0 Å². The molecule has 0 fully saturated rings. The van der Waals surface area contributed by atoms with Crippen LogP contribution in [0.4, 0.5) is 11.5 Å². The number of hydrogen-bond acceptors (Lipinski definition) is 4. The van der Waals surface area contributed by atoms with Crippen LogP contribution in [0.5, 0.6) is 0 Å². The fourth-order valence-corrected chi connectivity index (χ4v) is 1.97. The highest BCUT2D eigenvalue weighted by atomic mass is 15.2. The smallest absolute Gasteiger partial charge is 0.149 e. The van der Waals surface area contributed by atoms with Gasteiger partial charge in [0, 0.05) is 19.3 Å². The van der Waals surface area contributed by atoms with E-state index in [4.69, 9.17) is 5.73 Å². The second-order valence-corrected chi connectivity index (χ2v) is 3.99. The maximum atomic E-state index is 5.78. The lowest BCUT2D eigenvalue weighted by atomic mass is 10.1. The Morgan fingerprint density at radius 2 is 2.33 bits per heavy atom. The van der Waals surface area contributed by atoms with E-state index in [9.17, 15) is 0 Å². The molecule has 0 unspecified atom stereocenters. The van der Waals surface area contributed by atoms with E-state index < -0.39 is 0 Å². The second kappa shape index (κ2) is 4.06. The van der Waals surface area contributed by atoms with Crippen molar-refractivity contribution in [2.45, 2.75) is 20.3 Å². The molecule has 0 amide bonds. The number of nitrogens with one attached hydrogen (secondary N) is 1. The normalized spacial score (nSPS) is 15.5. The minimum atomic E-state index is 0.556. The minimum absolute atomic E-state index is 0.556. The summed E-state index contributed by atoms with van der Waals surface area (Å²) in [5.74, 6) is 0.973. The molecule has 0 spiro atoms. The van der Waals surface area contributed by atoms with Crippen LogP contribution in [0.1, 0.15) is 17.5 Å². The number of pyridine rings is 1. The maximum Gasteiger partial charge on any atom is 0.149 e. The van der Waals surface area contributed by atoms with Crippen molar-refractivity contribution in [2.75, 3.05) is 30.0 Å². The van der Waals surface area contributed by atoms with E-state index in [-0.39, 0.29) is 0 Å². The number of nitrogens with zero attached hydrogens (tertiary/aromatic N) is 2. The number of anilines is 2. The Bertz CT molecular complexity index is 362. The van der Waals surface area contributed by atoms with Gasteiger partial charge in [0.15, 0.2) is 0 Å². The van der Waals surface area contributed by atoms with E-state index >= 15 is 0 Å². The van der Waals surface area contributed by atoms with Crippen molar-refractivity contribution in [1.29, 1.82) is 0 Å². The molecule has 1 aliphatic rings. The molecule has 3 N–H and O–H groups in total. The molecule has 0 bridgehead atoms. The molecule has 4 nitrogen and oxygen atoms in total. The zero-order valence-electron chi connectivity index (χ0n) is 9.38. The van der Waals surface area contributed by atoms with Crippen LogP contribution in [0.3, 0.4) is 0 Å². The van der Waals surface area contributed by atoms with E-state index in [0.29, 0.717) is 6.67 Å². The first-order valence-corrected chi connectivity index (χ1v) is 5.39. The van der Waals surface area contributed by atoms with Crippen molar-refractivity contribution in [2.24, 2.45) is 5.73 Å². The Hall–Kier alpha value is -1.29. The summed E-state index contributed by atoms with van der Waals surface area (Å²) in [6, 6.07) is 0. The van der Waals surface area contributed by atoms with Crippen LogP contribution in [-0.2, 0) is 0 Å². The third-order valence-electron chi connectivity index (χ3n) is 2.99. The molecule has 1 aliphatic heterocycles. The third kappa shape index (κ3) is 1.77. The second-order valence-electron chi connectivity index (χ2n) is 3.99. The summed E-state index contributed by atoms with van der Waals surface area (Å²) in [4.78, 5) is 6.63. The molecular formula is C11H18N4. The minimum Gasteiger partial charge on any atom is -0.368 e. The van der Waals surface area contributed by atoms with E-state index in [0.717, 1.165) is 25.3 Å². The van der Waals surface area contributed by atoms with Crippen molar-refractivity contribution in [3.05, 3.63) is 17.3 Å². The fraction of sp³-hybridized carbons (Fsp3) is 0.545. The standard InChI is InChI=1S/C11H18N4/c1-8-6-14-11-10(9(8)2)15(7-12)5-3-4-13-11/h6H,3-5,7,12H2,1-2H3,(H,13,14). The number of hydrogen-bond donors (Lipinski definition) is 2. The van der Waals surface area contributed by atoms with E-state index in [1.807, 2.05) is 6.20 Å². The number of nitrogens with two attached hydrogens (primary N) is 1. The highest BCUT2D eigenvalue weighted by Crippen LogP contribution is 2.31. The molecule has 0 aromatic carbocycles. The van der Waals surface area contributed by atoms with Crippen molar-refractivity contribution < 1.29 is 0 Å². The summed E-state index contributed by atoms with van der Waals surface area (Å²) in [7, 11) is 0. The number of fused-ring (bicyclic) bond motifs is 1. The van der Waals surface area contributed by atoms with Gasteiger partial charge in [0.25, 0.3) is 0 Å². The molecule has 4 heteroatoms. The van der Waals surface area contributed by atoms with Gasteiger partial charge in [-0.1, -0.05) is 0 Å². The zero-order valence-corrected chi connectivity index (χ0v) is 9.38. The van der Waals surface area contributed by atoms with Gasteiger partial charge in [0.2, 0.25) is 0 Å². The molecule has 2 heterocycles. The molecule has 1 aromatic rings. The quantitative estimate of drug-likeness (QED) is 0.726. The molecule has 0 saturated carbocycles. The van der Waals surface area contributed by atoms with Crippen LogP contribution in [-0.4, -0.2) is 24.7 Å². The van der Waals surface area contributed by atoms with Gasteiger partial charge < -0.3 is 16.0 Å². The summed E-state index contributed by atoms with van der Waals surface area (Å²) in [6.07, 6.45) is 3.02. The highest BCUT2D eigenvalue weighted by Gasteiger charge is 2.17. The molecule has 15 heavy (non-hydrogen) atoms. The van der Waals surface area contributed by atoms with Crippen molar-refractivity contribution in [1.82, 2.24) is 4.98 Å². The first-order valence-electron chi connectivity index (χ1n) is 5.39. The Morgan fingerprint density at radius 1 is 1.53 bits per heavy atom. The van der Waals surface area contributed by atoms with Gasteiger partial charge >= 0.3 is 0 Å². The van der Waals surface area contributed by atoms with Crippen LogP contribution in [0.2, 0.25) is 0 Å². The van der Waals surface area contributed by atoms with Crippen molar-refractivity contribution >= 4 is 11.5 Å². The lowest BCUT2D eigenvalue weighted by molar-refractivity contribution is 0.771. The molecule has 82 valence electrons. The Morgan fingerprint density at radius 3 is 3.07 bits per heavy atom. The van der Waals surface area contributed by atoms with Gasteiger partial charge in [-0.3, -0.25) is 0 Å². The lowest BCUT2D eigenvalue weighted by Crippen LogP contribution is -2.31. The summed E-state index contributed by atoms with van der Waals surface area (Å²) in [5, 5.41) is 3.35. The van der Waals surface area contributed by atoms with Crippen LogP contribution in [0.25, 0.3) is 0 Å². The summed E-state index contributed by atoms with van der Waals surface area (Å²) in [6.45, 7) is 6.75. The topological polar surface area (TPSA) is 54.2 Å². The molecule has 0 saturated heterocycles. The monoisotopic (exact) mass is 206 g/mol. The summed E-state index contributed by atoms with van der Waals surface area (Å²) >= 11 is 0. The average molecular weight is 206 g/mol. The largest absolute Gasteiger partial charge is 0.368 e. The van der Waals surface area contributed by atoms with Crippen molar-refractivity contribution in [3.63, 3.8) is 0 Å². The number of aryl methyl sites for hydroxylation is 1. The lowest BCUT2D eigenvalue weighted by Gasteiger charge is -2.24. The summed E-state index contributed by atoms with van der Waals surface area (Å²) in [5.41, 5.74) is 9.45. The first-order chi connectivity index (χ1) is 7.24. The molecule has 0 radical (unpaired) electrons. The van der Waals surface area contributed by atoms with E-state index in [1.54, 1.807) is 0 Å². The third-order valence-corrected chi connectivity index (χ3v) is 2.99. The summed E-state index contributed by atoms with van der Waals surface area (Å²) < 4.78 is 0. The molecule has 0 aliphatic carbocycles. The van der Waals surface area contributed by atoms with Gasteiger partial charge in [0.05, 0.1) is 12.4 Å². The number of aromatic nitrogens is 1. The highest BCUT2D eigenvalue weighted by molar-refractivity contribution is 5.71. The van der Waals surface area contributed by atoms with Gasteiger partial charge in [-0.2, -0.15) is 0 Å². The van der Waals surface area contributed by atoms with Gasteiger partial charge in [0.1, 0.15) is 5.82 Å². The fourth-order valence-electron chi connectivity index (χ4n) is 1.97. The molecule has 0 atom stereocenters. The Kier molecular flexibility index (Phi) is 2.77. The zero-order chi connectivity index (χ0) is 10.8. The van der Waals surface area contributed by atoms with Crippen LogP contribution >= 0.6 is 0 Å². The predicted molar refractivity (Wildman–Crippen MR) is 63.2 cm³/mol. The van der Waals surface area contributed by atoms with Crippen LogP contribution in [0.15, 0.2) is 6.20 Å². The van der Waals surface area contributed by atoms with Crippen LogP contribution < -0.4 is 16.0 Å². The number of rotatable bonds is 1. The van der Waals surface area contributed by atoms with Gasteiger partial charge in [-0.25, -0.2) is 4.98 Å². The van der Waals surface area contributed by atoms with Crippen LogP contribution in [0, 0.1) is 13.8 Å². The first kappa shape index (κ1) is 10.2. The molecule has 2 rings (SSSR count). The van der Waals surface area contributed by atoms with Gasteiger partial charge in [-0.15, -0.1) is 0 Å². The average Bonchev–Trinajstić information content (AvgIpc) is 2.45. The van der Waals surface area contributed by atoms with Gasteiger partial charge in [-0.05, 0) is 31.4 Å². The maximum absolute atomic E-state index is 5.78. The SMILES string of the molecule is Cc1cnc2c(c1C)N(CN)CCCN2. The molecular weight excluding hydrogens is 188 g/mol. The Labute approximate surface area is 90.5 Å². The van der Waals surface area contributed by atoms with E-state index in [1.165, 1.54) is 16.8 Å². The van der Waals surface area contributed by atoms with Crippen molar-refractivity contribution in [3.8, 4) is 0 Å².